The number of hydrogen-bond acceptors (Lipinski definition) is 6. The van der Waals surface area contributed by atoms with Crippen LogP contribution in [-0.2, 0) is 9.53 Å². The quantitative estimate of drug-likeness (QED) is 0.711. The standard InChI is InChI=1S/C20H21FN6O2/c1-14-11-17(5-6-18(14)27-13-22-24-25-27)23-20(28)19(26-7-9-29-10-8-26)15-3-2-4-16(21)12-15/h2-6,11-13,19H,7-10H2,1H3,(H,23,28). The van der Waals surface area contributed by atoms with Gasteiger partial charge in [-0.25, -0.2) is 9.07 Å². The zero-order valence-electron chi connectivity index (χ0n) is 16.0. The predicted octanol–water partition coefficient (Wildman–Crippen LogP) is 2.12. The second-order valence-corrected chi connectivity index (χ2v) is 6.85. The van der Waals surface area contributed by atoms with Crippen LogP contribution in [0.1, 0.15) is 17.2 Å². The summed E-state index contributed by atoms with van der Waals surface area (Å²) in [7, 11) is 0. The van der Waals surface area contributed by atoms with Crippen LogP contribution in [0.15, 0.2) is 48.8 Å². The summed E-state index contributed by atoms with van der Waals surface area (Å²) < 4.78 is 20.8. The Kier molecular flexibility index (Phi) is 5.59. The lowest BCUT2D eigenvalue weighted by Gasteiger charge is -2.33. The van der Waals surface area contributed by atoms with Gasteiger partial charge in [0.2, 0.25) is 5.91 Å². The summed E-state index contributed by atoms with van der Waals surface area (Å²) in [6.45, 7) is 4.20. The fourth-order valence-corrected chi connectivity index (χ4v) is 3.51. The summed E-state index contributed by atoms with van der Waals surface area (Å²) in [5, 5.41) is 14.1. The molecule has 150 valence electrons. The fraction of sp³-hybridized carbons (Fsp3) is 0.300. The number of rotatable bonds is 5. The number of aryl methyl sites for hydroxylation is 1. The number of benzene rings is 2. The van der Waals surface area contributed by atoms with Crippen molar-refractivity contribution in [1.29, 1.82) is 0 Å². The number of nitrogens with zero attached hydrogens (tertiary/aromatic N) is 5. The van der Waals surface area contributed by atoms with E-state index in [1.165, 1.54) is 18.5 Å². The lowest BCUT2D eigenvalue weighted by atomic mass is 10.0. The molecule has 2 heterocycles. The molecule has 0 saturated carbocycles. The third-order valence-electron chi connectivity index (χ3n) is 4.88. The summed E-state index contributed by atoms with van der Waals surface area (Å²) >= 11 is 0. The largest absolute Gasteiger partial charge is 0.379 e. The molecule has 1 saturated heterocycles. The van der Waals surface area contributed by atoms with Gasteiger partial charge in [0.05, 0.1) is 18.9 Å². The smallest absolute Gasteiger partial charge is 0.246 e. The molecule has 29 heavy (non-hydrogen) atoms. The lowest BCUT2D eigenvalue weighted by Crippen LogP contribution is -2.43. The number of anilines is 1. The third-order valence-corrected chi connectivity index (χ3v) is 4.88. The Labute approximate surface area is 167 Å². The van der Waals surface area contributed by atoms with Crippen molar-refractivity contribution in [3.05, 3.63) is 65.7 Å². The number of morpholine rings is 1. The van der Waals surface area contributed by atoms with Crippen molar-refractivity contribution in [2.24, 2.45) is 0 Å². The topological polar surface area (TPSA) is 85.2 Å². The average Bonchev–Trinajstić information content (AvgIpc) is 3.24. The Bertz CT molecular complexity index is 988. The monoisotopic (exact) mass is 396 g/mol. The molecule has 1 amide bonds. The number of aromatic nitrogens is 4. The summed E-state index contributed by atoms with van der Waals surface area (Å²) in [6.07, 6.45) is 1.51. The molecule has 4 rings (SSSR count). The second kappa shape index (κ2) is 8.46. The first kappa shape index (κ1) is 19.2. The first-order valence-corrected chi connectivity index (χ1v) is 9.34. The van der Waals surface area contributed by atoms with Crippen molar-refractivity contribution in [2.75, 3.05) is 31.6 Å². The van der Waals surface area contributed by atoms with Crippen LogP contribution in [0.4, 0.5) is 10.1 Å². The predicted molar refractivity (Wildman–Crippen MR) is 104 cm³/mol. The zero-order chi connectivity index (χ0) is 20.2. The van der Waals surface area contributed by atoms with Gasteiger partial charge < -0.3 is 10.1 Å². The number of nitrogens with one attached hydrogen (secondary N) is 1. The van der Waals surface area contributed by atoms with Gasteiger partial charge in [0, 0.05) is 18.8 Å². The van der Waals surface area contributed by atoms with Crippen molar-refractivity contribution in [3.8, 4) is 5.69 Å². The van der Waals surface area contributed by atoms with Crippen molar-refractivity contribution in [1.82, 2.24) is 25.1 Å². The molecule has 2 aromatic carbocycles. The minimum atomic E-state index is -0.603. The molecule has 0 spiro atoms. The van der Waals surface area contributed by atoms with E-state index in [-0.39, 0.29) is 11.7 Å². The second-order valence-electron chi connectivity index (χ2n) is 6.85. The first-order chi connectivity index (χ1) is 14.1. The first-order valence-electron chi connectivity index (χ1n) is 9.34. The number of amides is 1. The molecular formula is C20H21FN6O2. The van der Waals surface area contributed by atoms with Crippen molar-refractivity contribution < 1.29 is 13.9 Å². The van der Waals surface area contributed by atoms with E-state index in [2.05, 4.69) is 20.8 Å². The van der Waals surface area contributed by atoms with Crippen LogP contribution in [0.5, 0.6) is 0 Å². The van der Waals surface area contributed by atoms with E-state index in [1.807, 2.05) is 24.0 Å². The van der Waals surface area contributed by atoms with Gasteiger partial charge in [-0.3, -0.25) is 9.69 Å². The Morgan fingerprint density at radius 2 is 2.03 bits per heavy atom. The molecule has 1 aliphatic rings. The molecule has 0 aliphatic carbocycles. The van der Waals surface area contributed by atoms with Gasteiger partial charge in [-0.15, -0.1) is 5.10 Å². The third kappa shape index (κ3) is 4.30. The maximum atomic E-state index is 13.8. The molecule has 1 aromatic heterocycles. The van der Waals surface area contributed by atoms with E-state index in [4.69, 9.17) is 4.74 Å². The molecule has 1 atom stereocenters. The average molecular weight is 396 g/mol. The maximum Gasteiger partial charge on any atom is 0.246 e. The molecule has 0 radical (unpaired) electrons. The number of carbonyl (C=O) groups is 1. The van der Waals surface area contributed by atoms with E-state index in [9.17, 15) is 9.18 Å². The van der Waals surface area contributed by atoms with E-state index in [0.717, 1.165) is 11.3 Å². The highest BCUT2D eigenvalue weighted by Gasteiger charge is 2.29. The SMILES string of the molecule is Cc1cc(NC(=O)C(c2cccc(F)c2)N2CCOCC2)ccc1-n1cnnn1. The van der Waals surface area contributed by atoms with Crippen molar-refractivity contribution in [3.63, 3.8) is 0 Å². The highest BCUT2D eigenvalue weighted by molar-refractivity contribution is 5.95. The Hall–Kier alpha value is -3.17. The van der Waals surface area contributed by atoms with Gasteiger partial charge in [0.15, 0.2) is 0 Å². The highest BCUT2D eigenvalue weighted by Crippen LogP contribution is 2.25. The number of ether oxygens (including phenoxy) is 1. The van der Waals surface area contributed by atoms with Crippen LogP contribution in [0, 0.1) is 12.7 Å². The summed E-state index contributed by atoms with van der Waals surface area (Å²) in [6, 6.07) is 11.1. The van der Waals surface area contributed by atoms with E-state index in [0.29, 0.717) is 37.6 Å². The molecule has 1 N–H and O–H groups in total. The van der Waals surface area contributed by atoms with Crippen LogP contribution < -0.4 is 5.32 Å². The molecular weight excluding hydrogens is 375 g/mol. The van der Waals surface area contributed by atoms with E-state index >= 15 is 0 Å². The van der Waals surface area contributed by atoms with Gasteiger partial charge in [-0.05, 0) is 58.8 Å². The molecule has 0 bridgehead atoms. The van der Waals surface area contributed by atoms with Gasteiger partial charge in [-0.1, -0.05) is 12.1 Å². The molecule has 8 nitrogen and oxygen atoms in total. The highest BCUT2D eigenvalue weighted by atomic mass is 19.1. The number of hydrogen-bond donors (Lipinski definition) is 1. The van der Waals surface area contributed by atoms with Crippen LogP contribution in [0.2, 0.25) is 0 Å². The van der Waals surface area contributed by atoms with Crippen LogP contribution in [0.3, 0.4) is 0 Å². The number of halogens is 1. The van der Waals surface area contributed by atoms with E-state index in [1.54, 1.807) is 22.9 Å². The van der Waals surface area contributed by atoms with Crippen LogP contribution in [-0.4, -0.2) is 57.3 Å². The molecule has 9 heteroatoms. The summed E-state index contributed by atoms with van der Waals surface area (Å²) in [5.74, 6) is -0.581. The molecule has 1 aliphatic heterocycles. The van der Waals surface area contributed by atoms with Gasteiger partial charge in [0.1, 0.15) is 18.2 Å². The van der Waals surface area contributed by atoms with Crippen molar-refractivity contribution >= 4 is 11.6 Å². The Morgan fingerprint density at radius 3 is 2.72 bits per heavy atom. The molecule has 1 fully saturated rings. The van der Waals surface area contributed by atoms with Gasteiger partial charge in [-0.2, -0.15) is 0 Å². The zero-order valence-corrected chi connectivity index (χ0v) is 16.0. The minimum Gasteiger partial charge on any atom is -0.379 e. The normalized spacial score (nSPS) is 15.8. The summed E-state index contributed by atoms with van der Waals surface area (Å²) in [5.41, 5.74) is 3.00. The number of carbonyl (C=O) groups excluding carboxylic acids is 1. The Balaban J connectivity index is 1.58. The van der Waals surface area contributed by atoms with Gasteiger partial charge >= 0.3 is 0 Å². The lowest BCUT2D eigenvalue weighted by molar-refractivity contribution is -0.123. The molecule has 1 unspecified atom stereocenters. The summed E-state index contributed by atoms with van der Waals surface area (Å²) in [4.78, 5) is 15.2. The Morgan fingerprint density at radius 1 is 1.21 bits per heavy atom. The minimum absolute atomic E-state index is 0.216. The van der Waals surface area contributed by atoms with Crippen molar-refractivity contribution in [2.45, 2.75) is 13.0 Å². The maximum absolute atomic E-state index is 13.8. The van der Waals surface area contributed by atoms with Crippen LogP contribution in [0.25, 0.3) is 5.69 Å². The van der Waals surface area contributed by atoms with E-state index < -0.39 is 6.04 Å². The molecule has 3 aromatic rings. The number of tetrazole rings is 1. The van der Waals surface area contributed by atoms with Gasteiger partial charge in [0.25, 0.3) is 0 Å². The fourth-order valence-electron chi connectivity index (χ4n) is 3.51. The van der Waals surface area contributed by atoms with Crippen LogP contribution >= 0.6 is 0 Å².